The Bertz CT molecular complexity index is 839. The highest BCUT2D eigenvalue weighted by Gasteiger charge is 2.12. The van der Waals surface area contributed by atoms with Crippen molar-refractivity contribution in [2.24, 2.45) is 0 Å². The van der Waals surface area contributed by atoms with Crippen molar-refractivity contribution in [3.8, 4) is 5.75 Å². The Morgan fingerprint density at radius 2 is 1.21 bits per heavy atom. The molecule has 0 aliphatic rings. The number of rotatable bonds is 9. The second-order valence-electron chi connectivity index (χ2n) is 7.19. The van der Waals surface area contributed by atoms with Gasteiger partial charge in [0.15, 0.2) is 0 Å². The quantitative estimate of drug-likeness (QED) is 0.495. The van der Waals surface area contributed by atoms with Gasteiger partial charge in [-0.05, 0) is 47.1 Å². The predicted octanol–water partition coefficient (Wildman–Crippen LogP) is 5.37. The minimum atomic E-state index is -0.750. The third kappa shape index (κ3) is 5.71. The number of aryl methyl sites for hydroxylation is 1. The van der Waals surface area contributed by atoms with Gasteiger partial charge in [0, 0.05) is 19.3 Å². The van der Waals surface area contributed by atoms with Gasteiger partial charge in [-0.25, -0.2) is 0 Å². The van der Waals surface area contributed by atoms with Gasteiger partial charge in [-0.1, -0.05) is 72.8 Å². The van der Waals surface area contributed by atoms with Crippen molar-refractivity contribution in [1.29, 1.82) is 0 Å². The highest BCUT2D eigenvalue weighted by molar-refractivity contribution is 5.66. The van der Waals surface area contributed by atoms with Crippen molar-refractivity contribution in [2.75, 3.05) is 0 Å². The van der Waals surface area contributed by atoms with E-state index in [1.54, 1.807) is 0 Å². The molecule has 144 valence electrons. The second-order valence-corrected chi connectivity index (χ2v) is 7.19. The summed E-state index contributed by atoms with van der Waals surface area (Å²) < 4.78 is 0. The maximum absolute atomic E-state index is 10.9. The second kappa shape index (κ2) is 9.75. The predicted molar refractivity (Wildman–Crippen MR) is 112 cm³/mol. The molecule has 0 atom stereocenters. The van der Waals surface area contributed by atoms with Crippen LogP contribution in [0.4, 0.5) is 0 Å². The molecular weight excluding hydrogens is 348 g/mol. The SMILES string of the molecule is O=C(O)CCCCc1cc(Cc2ccccc2)c(O)c(Cc2ccccc2)c1. The molecule has 3 rings (SSSR count). The number of aliphatic carboxylic acids is 1. The largest absolute Gasteiger partial charge is 0.507 e. The van der Waals surface area contributed by atoms with Gasteiger partial charge >= 0.3 is 5.97 Å². The van der Waals surface area contributed by atoms with Crippen LogP contribution in [0.1, 0.15) is 47.1 Å². The van der Waals surface area contributed by atoms with Crippen LogP contribution >= 0.6 is 0 Å². The fourth-order valence-electron chi connectivity index (χ4n) is 3.48. The number of benzene rings is 3. The molecule has 0 saturated carbocycles. The highest BCUT2D eigenvalue weighted by Crippen LogP contribution is 2.29. The Kier molecular flexibility index (Phi) is 6.85. The number of unbranched alkanes of at least 4 members (excludes halogenated alkanes) is 1. The van der Waals surface area contributed by atoms with Crippen molar-refractivity contribution < 1.29 is 15.0 Å². The molecule has 0 radical (unpaired) electrons. The van der Waals surface area contributed by atoms with E-state index in [2.05, 4.69) is 36.4 Å². The lowest BCUT2D eigenvalue weighted by Crippen LogP contribution is -1.99. The molecule has 3 aromatic carbocycles. The van der Waals surface area contributed by atoms with Crippen LogP contribution < -0.4 is 0 Å². The molecule has 3 nitrogen and oxygen atoms in total. The van der Waals surface area contributed by atoms with Crippen molar-refractivity contribution in [2.45, 2.75) is 38.5 Å². The molecule has 3 aromatic rings. The topological polar surface area (TPSA) is 57.5 Å². The van der Waals surface area contributed by atoms with Crippen LogP contribution in [-0.2, 0) is 24.1 Å². The van der Waals surface area contributed by atoms with Crippen molar-refractivity contribution in [3.05, 3.63) is 101 Å². The first-order chi connectivity index (χ1) is 13.6. The summed E-state index contributed by atoms with van der Waals surface area (Å²) in [6, 6.07) is 24.4. The molecule has 0 unspecified atom stereocenters. The molecule has 0 bridgehead atoms. The maximum Gasteiger partial charge on any atom is 0.303 e. The summed E-state index contributed by atoms with van der Waals surface area (Å²) in [6.45, 7) is 0. The summed E-state index contributed by atoms with van der Waals surface area (Å²) in [5.74, 6) is -0.387. The monoisotopic (exact) mass is 374 g/mol. The van der Waals surface area contributed by atoms with Gasteiger partial charge in [0.05, 0.1) is 0 Å². The van der Waals surface area contributed by atoms with Gasteiger partial charge in [0.2, 0.25) is 0 Å². The summed E-state index contributed by atoms with van der Waals surface area (Å²) in [6.07, 6.45) is 3.86. The molecule has 0 amide bonds. The number of carboxylic acids is 1. The van der Waals surface area contributed by atoms with E-state index < -0.39 is 5.97 Å². The fourth-order valence-corrected chi connectivity index (χ4v) is 3.48. The van der Waals surface area contributed by atoms with E-state index in [1.165, 1.54) is 0 Å². The summed E-state index contributed by atoms with van der Waals surface area (Å²) in [7, 11) is 0. The van der Waals surface area contributed by atoms with Crippen LogP contribution in [0, 0.1) is 0 Å². The average molecular weight is 374 g/mol. The Morgan fingerprint density at radius 1 is 0.714 bits per heavy atom. The summed E-state index contributed by atoms with van der Waals surface area (Å²) in [5.41, 5.74) is 5.32. The molecule has 3 heteroatoms. The van der Waals surface area contributed by atoms with E-state index in [0.29, 0.717) is 25.0 Å². The van der Waals surface area contributed by atoms with Crippen LogP contribution in [0.3, 0.4) is 0 Å². The summed E-state index contributed by atoms with van der Waals surface area (Å²) >= 11 is 0. The zero-order valence-electron chi connectivity index (χ0n) is 16.0. The van der Waals surface area contributed by atoms with Crippen LogP contribution in [-0.4, -0.2) is 16.2 Å². The van der Waals surface area contributed by atoms with Crippen molar-refractivity contribution in [3.63, 3.8) is 0 Å². The standard InChI is InChI=1S/C25H26O3/c26-24(27)14-8-7-13-21-17-22(15-19-9-3-1-4-10-19)25(28)23(18-21)16-20-11-5-2-6-12-20/h1-6,9-12,17-18,28H,7-8,13-16H2,(H,26,27). The Balaban J connectivity index is 1.85. The van der Waals surface area contributed by atoms with Crippen LogP contribution in [0.2, 0.25) is 0 Å². The Labute approximate surface area is 166 Å². The van der Waals surface area contributed by atoms with Crippen LogP contribution in [0.15, 0.2) is 72.8 Å². The molecule has 0 heterocycles. The molecule has 28 heavy (non-hydrogen) atoms. The lowest BCUT2D eigenvalue weighted by atomic mass is 9.93. The Hall–Kier alpha value is -3.07. The lowest BCUT2D eigenvalue weighted by molar-refractivity contribution is -0.137. The highest BCUT2D eigenvalue weighted by atomic mass is 16.4. The lowest BCUT2D eigenvalue weighted by Gasteiger charge is -2.14. The molecule has 0 aliphatic carbocycles. The van der Waals surface area contributed by atoms with Gasteiger partial charge in [-0.3, -0.25) is 4.79 Å². The third-order valence-electron chi connectivity index (χ3n) is 4.91. The van der Waals surface area contributed by atoms with Gasteiger partial charge in [0.25, 0.3) is 0 Å². The first-order valence-electron chi connectivity index (χ1n) is 9.75. The first kappa shape index (κ1) is 19.7. The molecule has 0 spiro atoms. The van der Waals surface area contributed by atoms with Crippen LogP contribution in [0.25, 0.3) is 0 Å². The summed E-state index contributed by atoms with van der Waals surface area (Å²) in [4.78, 5) is 10.7. The van der Waals surface area contributed by atoms with Gasteiger partial charge in [0.1, 0.15) is 5.75 Å². The zero-order chi connectivity index (χ0) is 19.8. The fraction of sp³-hybridized carbons (Fsp3) is 0.240. The Morgan fingerprint density at radius 3 is 1.68 bits per heavy atom. The van der Waals surface area contributed by atoms with E-state index in [9.17, 15) is 9.90 Å². The van der Waals surface area contributed by atoms with Gasteiger partial charge < -0.3 is 10.2 Å². The molecule has 2 N–H and O–H groups in total. The van der Waals surface area contributed by atoms with Gasteiger partial charge in [-0.15, -0.1) is 0 Å². The van der Waals surface area contributed by atoms with Crippen molar-refractivity contribution >= 4 is 5.97 Å². The number of aromatic hydroxyl groups is 1. The van der Waals surface area contributed by atoms with E-state index >= 15 is 0 Å². The first-order valence-corrected chi connectivity index (χ1v) is 9.75. The number of carbonyl (C=O) groups is 1. The van der Waals surface area contributed by atoms with E-state index in [0.717, 1.165) is 40.7 Å². The molecular formula is C25H26O3. The minimum absolute atomic E-state index is 0.200. The average Bonchev–Trinajstić information content (AvgIpc) is 2.70. The third-order valence-corrected chi connectivity index (χ3v) is 4.91. The number of phenols is 1. The van der Waals surface area contributed by atoms with Gasteiger partial charge in [-0.2, -0.15) is 0 Å². The number of carboxylic acid groups (broad SMARTS) is 1. The van der Waals surface area contributed by atoms with E-state index in [-0.39, 0.29) is 6.42 Å². The van der Waals surface area contributed by atoms with Crippen molar-refractivity contribution in [1.82, 2.24) is 0 Å². The number of hydrogen-bond donors (Lipinski definition) is 2. The maximum atomic E-state index is 10.9. The van der Waals surface area contributed by atoms with Crippen LogP contribution in [0.5, 0.6) is 5.75 Å². The van der Waals surface area contributed by atoms with E-state index in [4.69, 9.17) is 5.11 Å². The number of hydrogen-bond acceptors (Lipinski definition) is 2. The number of phenolic OH excluding ortho intramolecular Hbond substituents is 1. The normalized spacial score (nSPS) is 10.7. The molecule has 0 saturated heterocycles. The summed E-state index contributed by atoms with van der Waals surface area (Å²) in [5, 5.41) is 19.7. The smallest absolute Gasteiger partial charge is 0.303 e. The molecule has 0 aromatic heterocycles. The molecule has 0 aliphatic heterocycles. The van der Waals surface area contributed by atoms with E-state index in [1.807, 2.05) is 36.4 Å². The molecule has 0 fully saturated rings. The zero-order valence-corrected chi connectivity index (χ0v) is 16.0. The minimum Gasteiger partial charge on any atom is -0.507 e.